The lowest BCUT2D eigenvalue weighted by atomic mass is 10.2. The van der Waals surface area contributed by atoms with Gasteiger partial charge in [-0.2, -0.15) is 4.31 Å². The second kappa shape index (κ2) is 10.2. The minimum atomic E-state index is -3.55. The SMILES string of the molecule is CCCNC(=O)[C@@H](C)NC(=O)CN1CCN(S(=O)(=O)c2ccc(C)cc2C)CC1. The first-order valence-corrected chi connectivity index (χ1v) is 11.5. The fourth-order valence-electron chi connectivity index (χ4n) is 3.31. The van der Waals surface area contributed by atoms with Gasteiger partial charge in [0.1, 0.15) is 6.04 Å². The van der Waals surface area contributed by atoms with Crippen LogP contribution in [0.5, 0.6) is 0 Å². The van der Waals surface area contributed by atoms with Crippen molar-refractivity contribution < 1.29 is 18.0 Å². The predicted molar refractivity (Wildman–Crippen MR) is 112 cm³/mol. The Labute approximate surface area is 173 Å². The van der Waals surface area contributed by atoms with E-state index in [4.69, 9.17) is 0 Å². The van der Waals surface area contributed by atoms with E-state index in [1.165, 1.54) is 4.31 Å². The van der Waals surface area contributed by atoms with E-state index in [0.29, 0.717) is 37.6 Å². The normalized spacial score (nSPS) is 17.0. The van der Waals surface area contributed by atoms with Gasteiger partial charge < -0.3 is 10.6 Å². The van der Waals surface area contributed by atoms with E-state index in [-0.39, 0.29) is 18.4 Å². The number of rotatable bonds is 8. The molecule has 1 atom stereocenters. The van der Waals surface area contributed by atoms with E-state index in [0.717, 1.165) is 17.5 Å². The quantitative estimate of drug-likeness (QED) is 0.638. The molecule has 2 N–H and O–H groups in total. The molecule has 1 heterocycles. The zero-order chi connectivity index (χ0) is 21.6. The van der Waals surface area contributed by atoms with Crippen LogP contribution in [0.3, 0.4) is 0 Å². The van der Waals surface area contributed by atoms with Gasteiger partial charge in [0.15, 0.2) is 0 Å². The van der Waals surface area contributed by atoms with Gasteiger partial charge in [-0.05, 0) is 38.8 Å². The van der Waals surface area contributed by atoms with Crippen LogP contribution in [0.1, 0.15) is 31.4 Å². The molecule has 0 aromatic heterocycles. The summed E-state index contributed by atoms with van der Waals surface area (Å²) >= 11 is 0. The molecule has 0 bridgehead atoms. The number of hydrogen-bond donors (Lipinski definition) is 2. The van der Waals surface area contributed by atoms with Crippen LogP contribution >= 0.6 is 0 Å². The Morgan fingerprint density at radius 2 is 1.79 bits per heavy atom. The molecule has 1 saturated heterocycles. The number of carbonyl (C=O) groups excluding carboxylic acids is 2. The predicted octanol–water partition coefficient (Wildman–Crippen LogP) is 0.641. The summed E-state index contributed by atoms with van der Waals surface area (Å²) in [7, 11) is -3.55. The largest absolute Gasteiger partial charge is 0.354 e. The minimum absolute atomic E-state index is 0.142. The molecular formula is C20H32N4O4S. The number of amides is 2. The van der Waals surface area contributed by atoms with Gasteiger partial charge in [0.05, 0.1) is 11.4 Å². The van der Waals surface area contributed by atoms with Crippen LogP contribution in [0.4, 0.5) is 0 Å². The summed E-state index contributed by atoms with van der Waals surface area (Å²) in [4.78, 5) is 26.3. The van der Waals surface area contributed by atoms with Crippen LogP contribution in [0.25, 0.3) is 0 Å². The molecule has 0 spiro atoms. The van der Waals surface area contributed by atoms with Crippen LogP contribution in [0.2, 0.25) is 0 Å². The highest BCUT2D eigenvalue weighted by Gasteiger charge is 2.30. The first-order valence-electron chi connectivity index (χ1n) is 10.0. The molecule has 162 valence electrons. The summed E-state index contributed by atoms with van der Waals surface area (Å²) in [6.07, 6.45) is 0.835. The van der Waals surface area contributed by atoms with Gasteiger partial charge >= 0.3 is 0 Å². The molecule has 2 amide bonds. The highest BCUT2D eigenvalue weighted by Crippen LogP contribution is 2.22. The van der Waals surface area contributed by atoms with Crippen LogP contribution in [-0.4, -0.2) is 74.7 Å². The maximum absolute atomic E-state index is 12.9. The molecule has 8 nitrogen and oxygen atoms in total. The summed E-state index contributed by atoms with van der Waals surface area (Å²) in [5.41, 5.74) is 1.76. The van der Waals surface area contributed by atoms with Crippen molar-refractivity contribution in [2.24, 2.45) is 0 Å². The Morgan fingerprint density at radius 3 is 2.38 bits per heavy atom. The molecule has 0 aliphatic carbocycles. The second-order valence-electron chi connectivity index (χ2n) is 7.53. The third kappa shape index (κ3) is 6.25. The summed E-state index contributed by atoms with van der Waals surface area (Å²) in [6, 6.07) is 4.73. The zero-order valence-electron chi connectivity index (χ0n) is 17.7. The monoisotopic (exact) mass is 424 g/mol. The Hall–Kier alpha value is -1.97. The summed E-state index contributed by atoms with van der Waals surface area (Å²) in [5.74, 6) is -0.445. The lowest BCUT2D eigenvalue weighted by molar-refractivity contribution is -0.129. The fourth-order valence-corrected chi connectivity index (χ4v) is 4.94. The molecule has 1 fully saturated rings. The molecule has 2 rings (SSSR count). The molecule has 0 radical (unpaired) electrons. The summed E-state index contributed by atoms with van der Waals surface area (Å²) in [6.45, 7) is 9.66. The van der Waals surface area contributed by atoms with E-state index in [9.17, 15) is 18.0 Å². The van der Waals surface area contributed by atoms with Gasteiger partial charge in [-0.1, -0.05) is 24.6 Å². The molecule has 1 aliphatic rings. The number of nitrogens with zero attached hydrogens (tertiary/aromatic N) is 2. The number of piperazine rings is 1. The van der Waals surface area contributed by atoms with Crippen molar-refractivity contribution in [3.05, 3.63) is 29.3 Å². The Morgan fingerprint density at radius 1 is 1.14 bits per heavy atom. The van der Waals surface area contributed by atoms with Crippen LogP contribution in [-0.2, 0) is 19.6 Å². The molecule has 0 unspecified atom stereocenters. The summed E-state index contributed by atoms with van der Waals surface area (Å²) < 4.78 is 27.3. The van der Waals surface area contributed by atoms with Crippen molar-refractivity contribution in [2.45, 2.75) is 45.1 Å². The Kier molecular flexibility index (Phi) is 8.18. The van der Waals surface area contributed by atoms with Gasteiger partial charge in [-0.15, -0.1) is 0 Å². The second-order valence-corrected chi connectivity index (χ2v) is 9.44. The first-order chi connectivity index (χ1) is 13.6. The zero-order valence-corrected chi connectivity index (χ0v) is 18.5. The van der Waals surface area contributed by atoms with E-state index in [1.807, 2.05) is 24.8 Å². The lowest BCUT2D eigenvalue weighted by Gasteiger charge is -2.34. The number of nitrogens with one attached hydrogen (secondary N) is 2. The third-order valence-electron chi connectivity index (χ3n) is 4.97. The number of hydrogen-bond acceptors (Lipinski definition) is 5. The highest BCUT2D eigenvalue weighted by molar-refractivity contribution is 7.89. The fraction of sp³-hybridized carbons (Fsp3) is 0.600. The average molecular weight is 425 g/mol. The first kappa shape index (κ1) is 23.3. The topological polar surface area (TPSA) is 98.8 Å². The molecule has 29 heavy (non-hydrogen) atoms. The van der Waals surface area contributed by atoms with Crippen molar-refractivity contribution >= 4 is 21.8 Å². The number of carbonyl (C=O) groups is 2. The van der Waals surface area contributed by atoms with Gasteiger partial charge in [-0.25, -0.2) is 8.42 Å². The Bertz CT molecular complexity index is 833. The summed E-state index contributed by atoms with van der Waals surface area (Å²) in [5, 5.41) is 5.44. The van der Waals surface area contributed by atoms with Crippen molar-refractivity contribution in [3.8, 4) is 0 Å². The minimum Gasteiger partial charge on any atom is -0.354 e. The van der Waals surface area contributed by atoms with Gasteiger partial charge in [-0.3, -0.25) is 14.5 Å². The smallest absolute Gasteiger partial charge is 0.243 e. The molecule has 1 aromatic rings. The van der Waals surface area contributed by atoms with Gasteiger partial charge in [0.2, 0.25) is 21.8 Å². The van der Waals surface area contributed by atoms with E-state index >= 15 is 0 Å². The number of benzene rings is 1. The van der Waals surface area contributed by atoms with Crippen molar-refractivity contribution in [1.82, 2.24) is 19.8 Å². The van der Waals surface area contributed by atoms with Crippen LogP contribution in [0.15, 0.2) is 23.1 Å². The van der Waals surface area contributed by atoms with Crippen molar-refractivity contribution in [1.29, 1.82) is 0 Å². The molecule has 1 aromatic carbocycles. The third-order valence-corrected chi connectivity index (χ3v) is 7.03. The van der Waals surface area contributed by atoms with E-state index < -0.39 is 16.1 Å². The lowest BCUT2D eigenvalue weighted by Crippen LogP contribution is -2.53. The van der Waals surface area contributed by atoms with Crippen molar-refractivity contribution in [2.75, 3.05) is 39.3 Å². The number of sulfonamides is 1. The van der Waals surface area contributed by atoms with Gasteiger partial charge in [0, 0.05) is 32.7 Å². The van der Waals surface area contributed by atoms with Crippen LogP contribution in [0, 0.1) is 13.8 Å². The van der Waals surface area contributed by atoms with E-state index in [2.05, 4.69) is 10.6 Å². The molecular weight excluding hydrogens is 392 g/mol. The molecule has 0 saturated carbocycles. The Balaban J connectivity index is 1.87. The van der Waals surface area contributed by atoms with Crippen LogP contribution < -0.4 is 10.6 Å². The molecule has 9 heteroatoms. The number of aryl methyl sites for hydroxylation is 2. The van der Waals surface area contributed by atoms with E-state index in [1.54, 1.807) is 26.0 Å². The van der Waals surface area contributed by atoms with Crippen molar-refractivity contribution in [3.63, 3.8) is 0 Å². The standard InChI is InChI=1S/C20H32N4O4S/c1-5-8-21-20(26)17(4)22-19(25)14-23-9-11-24(12-10-23)29(27,28)18-7-6-15(2)13-16(18)3/h6-7,13,17H,5,8-12,14H2,1-4H3,(H,21,26)(H,22,25)/t17-/m1/s1. The molecule has 1 aliphatic heterocycles. The average Bonchev–Trinajstić information content (AvgIpc) is 2.66. The maximum Gasteiger partial charge on any atom is 0.243 e. The maximum atomic E-state index is 12.9. The van der Waals surface area contributed by atoms with Gasteiger partial charge in [0.25, 0.3) is 0 Å². The highest BCUT2D eigenvalue weighted by atomic mass is 32.2.